The molecule has 0 amide bonds. The van der Waals surface area contributed by atoms with Gasteiger partial charge in [-0.3, -0.25) is 10.1 Å². The quantitative estimate of drug-likeness (QED) is 0.633. The number of aromatic nitrogens is 1. The first kappa shape index (κ1) is 14.5. The van der Waals surface area contributed by atoms with Crippen molar-refractivity contribution >= 4 is 17.3 Å². The van der Waals surface area contributed by atoms with Gasteiger partial charge < -0.3 is 15.8 Å². The zero-order chi connectivity index (χ0) is 14.9. The molecule has 1 saturated carbocycles. The lowest BCUT2D eigenvalue weighted by atomic mass is 9.64. The number of pyridine rings is 1. The number of ether oxygens (including phenoxy) is 1. The lowest BCUT2D eigenvalue weighted by molar-refractivity contribution is -0.384. The Balaban J connectivity index is 2.05. The highest BCUT2D eigenvalue weighted by Gasteiger charge is 2.49. The van der Waals surface area contributed by atoms with Crippen LogP contribution < -0.4 is 11.1 Å². The molecule has 1 aliphatic rings. The highest BCUT2D eigenvalue weighted by molar-refractivity contribution is 5.57. The molecule has 2 unspecified atom stereocenters. The summed E-state index contributed by atoms with van der Waals surface area (Å²) >= 11 is 0. The van der Waals surface area contributed by atoms with Crippen molar-refractivity contribution in [2.75, 3.05) is 17.7 Å². The zero-order valence-corrected chi connectivity index (χ0v) is 11.9. The van der Waals surface area contributed by atoms with Crippen molar-refractivity contribution in [1.82, 2.24) is 4.98 Å². The predicted octanol–water partition coefficient (Wildman–Crippen LogP) is 2.19. The van der Waals surface area contributed by atoms with Gasteiger partial charge in [0.05, 0.1) is 11.0 Å². The van der Waals surface area contributed by atoms with Crippen LogP contribution in [0.3, 0.4) is 0 Å². The Morgan fingerprint density at radius 1 is 1.60 bits per heavy atom. The van der Waals surface area contributed by atoms with Crippen LogP contribution in [0.1, 0.15) is 27.2 Å². The van der Waals surface area contributed by atoms with Gasteiger partial charge in [0.15, 0.2) is 0 Å². The molecule has 0 aromatic carbocycles. The number of nitrogens with one attached hydrogen (secondary N) is 1. The Hall–Kier alpha value is -1.89. The topological polar surface area (TPSA) is 103 Å². The minimum atomic E-state index is -0.537. The van der Waals surface area contributed by atoms with Crippen LogP contribution in [0.2, 0.25) is 0 Å². The Kier molecular flexibility index (Phi) is 3.80. The Morgan fingerprint density at radius 2 is 2.30 bits per heavy atom. The van der Waals surface area contributed by atoms with Crippen LogP contribution in [-0.2, 0) is 4.74 Å². The number of nitrogens with zero attached hydrogens (tertiary/aromatic N) is 2. The average molecular weight is 280 g/mol. The summed E-state index contributed by atoms with van der Waals surface area (Å²) in [6.45, 7) is 6.94. The number of rotatable bonds is 5. The van der Waals surface area contributed by atoms with Gasteiger partial charge in [-0.25, -0.2) is 4.98 Å². The molecule has 20 heavy (non-hydrogen) atoms. The Labute approximate surface area is 117 Å². The number of nitro groups is 1. The van der Waals surface area contributed by atoms with Crippen LogP contribution >= 0.6 is 0 Å². The molecule has 1 aromatic heterocycles. The summed E-state index contributed by atoms with van der Waals surface area (Å²) in [5, 5.41) is 14.0. The van der Waals surface area contributed by atoms with Crippen molar-refractivity contribution in [2.45, 2.75) is 39.3 Å². The molecule has 2 rings (SSSR count). The van der Waals surface area contributed by atoms with Gasteiger partial charge in [-0.1, -0.05) is 13.8 Å². The summed E-state index contributed by atoms with van der Waals surface area (Å²) in [7, 11) is 0. The SMILES string of the molecule is CCOC1CC(Nc2ccc([N+](=O)[O-])c(N)n2)C1(C)C. The van der Waals surface area contributed by atoms with E-state index >= 15 is 0 Å². The molecule has 7 nitrogen and oxygen atoms in total. The lowest BCUT2D eigenvalue weighted by Gasteiger charge is -2.51. The molecule has 1 aromatic rings. The summed E-state index contributed by atoms with van der Waals surface area (Å²) in [5.41, 5.74) is 5.41. The second kappa shape index (κ2) is 5.24. The second-order valence-electron chi connectivity index (χ2n) is 5.56. The number of anilines is 2. The van der Waals surface area contributed by atoms with Crippen molar-refractivity contribution in [3.05, 3.63) is 22.2 Å². The zero-order valence-electron chi connectivity index (χ0n) is 11.9. The van der Waals surface area contributed by atoms with Gasteiger partial charge in [0.1, 0.15) is 5.82 Å². The van der Waals surface area contributed by atoms with Crippen molar-refractivity contribution in [3.8, 4) is 0 Å². The fraction of sp³-hybridized carbons (Fsp3) is 0.615. The second-order valence-corrected chi connectivity index (χ2v) is 5.56. The predicted molar refractivity (Wildman–Crippen MR) is 76.5 cm³/mol. The third kappa shape index (κ3) is 2.53. The third-order valence-electron chi connectivity index (χ3n) is 3.97. The van der Waals surface area contributed by atoms with Crippen LogP contribution in [0.25, 0.3) is 0 Å². The van der Waals surface area contributed by atoms with Crippen molar-refractivity contribution < 1.29 is 9.66 Å². The maximum Gasteiger partial charge on any atom is 0.311 e. The fourth-order valence-corrected chi connectivity index (χ4v) is 2.50. The fourth-order valence-electron chi connectivity index (χ4n) is 2.50. The molecular weight excluding hydrogens is 260 g/mol. The van der Waals surface area contributed by atoms with Crippen LogP contribution in [0.4, 0.5) is 17.3 Å². The van der Waals surface area contributed by atoms with Gasteiger partial charge in [0.25, 0.3) is 0 Å². The van der Waals surface area contributed by atoms with Gasteiger partial charge >= 0.3 is 5.69 Å². The molecule has 0 aliphatic heterocycles. The first-order chi connectivity index (χ1) is 9.36. The summed E-state index contributed by atoms with van der Waals surface area (Å²) in [4.78, 5) is 14.2. The van der Waals surface area contributed by atoms with Crippen molar-refractivity contribution in [3.63, 3.8) is 0 Å². The van der Waals surface area contributed by atoms with Gasteiger partial charge in [-0.2, -0.15) is 0 Å². The van der Waals surface area contributed by atoms with Gasteiger partial charge in [0.2, 0.25) is 5.82 Å². The highest BCUT2D eigenvalue weighted by Crippen LogP contribution is 2.44. The van der Waals surface area contributed by atoms with E-state index in [0.717, 1.165) is 6.42 Å². The first-order valence-electron chi connectivity index (χ1n) is 6.65. The molecule has 1 fully saturated rings. The van der Waals surface area contributed by atoms with Crippen LogP contribution in [0.15, 0.2) is 12.1 Å². The van der Waals surface area contributed by atoms with Gasteiger partial charge in [0, 0.05) is 24.1 Å². The number of nitrogens with two attached hydrogens (primary N) is 1. The monoisotopic (exact) mass is 280 g/mol. The lowest BCUT2D eigenvalue weighted by Crippen LogP contribution is -2.58. The van der Waals surface area contributed by atoms with E-state index in [0.29, 0.717) is 12.4 Å². The van der Waals surface area contributed by atoms with Crippen molar-refractivity contribution in [1.29, 1.82) is 0 Å². The number of hydrogen-bond donors (Lipinski definition) is 2. The third-order valence-corrected chi connectivity index (χ3v) is 3.97. The normalized spacial score (nSPS) is 23.9. The maximum atomic E-state index is 10.7. The van der Waals surface area contributed by atoms with Crippen LogP contribution in [0.5, 0.6) is 0 Å². The maximum absolute atomic E-state index is 10.7. The average Bonchev–Trinajstić information content (AvgIpc) is 2.37. The van der Waals surface area contributed by atoms with E-state index in [1.165, 1.54) is 6.07 Å². The molecule has 0 spiro atoms. The minimum Gasteiger partial charge on any atom is -0.378 e. The summed E-state index contributed by atoms with van der Waals surface area (Å²) in [5.74, 6) is 0.486. The molecule has 0 bridgehead atoms. The number of hydrogen-bond acceptors (Lipinski definition) is 6. The summed E-state index contributed by atoms with van der Waals surface area (Å²) in [6.07, 6.45) is 1.11. The molecule has 3 N–H and O–H groups in total. The summed E-state index contributed by atoms with van der Waals surface area (Å²) in [6, 6.07) is 3.17. The van der Waals surface area contributed by atoms with Crippen LogP contribution in [0, 0.1) is 15.5 Å². The van der Waals surface area contributed by atoms with Gasteiger partial charge in [-0.05, 0) is 19.4 Å². The van der Waals surface area contributed by atoms with Crippen molar-refractivity contribution in [2.24, 2.45) is 5.41 Å². The smallest absolute Gasteiger partial charge is 0.311 e. The largest absolute Gasteiger partial charge is 0.378 e. The van der Waals surface area contributed by atoms with Crippen LogP contribution in [-0.4, -0.2) is 28.7 Å². The molecule has 2 atom stereocenters. The molecule has 110 valence electrons. The first-order valence-corrected chi connectivity index (χ1v) is 6.65. The summed E-state index contributed by atoms with van der Waals surface area (Å²) < 4.78 is 5.66. The molecule has 1 heterocycles. The highest BCUT2D eigenvalue weighted by atomic mass is 16.6. The van der Waals surface area contributed by atoms with Gasteiger partial charge in [-0.15, -0.1) is 0 Å². The Morgan fingerprint density at radius 3 is 2.80 bits per heavy atom. The standard InChI is InChI=1S/C13H20N4O3/c1-4-20-10-7-9(13(10,2)3)15-11-6-5-8(17(18)19)12(14)16-11/h5-6,9-10H,4,7H2,1-3H3,(H3,14,15,16). The van der Waals surface area contributed by atoms with E-state index in [9.17, 15) is 10.1 Å². The van der Waals surface area contributed by atoms with E-state index in [1.807, 2.05) is 6.92 Å². The minimum absolute atomic E-state index is 0.00573. The molecule has 1 aliphatic carbocycles. The number of nitrogen functional groups attached to an aromatic ring is 1. The Bertz CT molecular complexity index is 518. The van der Waals surface area contributed by atoms with E-state index in [4.69, 9.17) is 10.5 Å². The molecular formula is C13H20N4O3. The molecule has 0 radical (unpaired) electrons. The van der Waals surface area contributed by atoms with E-state index < -0.39 is 4.92 Å². The van der Waals surface area contributed by atoms with E-state index in [-0.39, 0.29) is 29.1 Å². The van der Waals surface area contributed by atoms with E-state index in [2.05, 4.69) is 24.1 Å². The molecule has 0 saturated heterocycles. The van der Waals surface area contributed by atoms with E-state index in [1.54, 1.807) is 6.07 Å². The molecule has 7 heteroatoms.